The van der Waals surface area contributed by atoms with Gasteiger partial charge in [0.25, 0.3) is 0 Å². The van der Waals surface area contributed by atoms with Crippen molar-refractivity contribution in [1.29, 1.82) is 0 Å². The van der Waals surface area contributed by atoms with Gasteiger partial charge in [0.2, 0.25) is 5.91 Å². The summed E-state index contributed by atoms with van der Waals surface area (Å²) in [7, 11) is 0. The van der Waals surface area contributed by atoms with E-state index >= 15 is 0 Å². The summed E-state index contributed by atoms with van der Waals surface area (Å²) in [5.74, 6) is 0.568. The highest BCUT2D eigenvalue weighted by atomic mass is 79.9. The van der Waals surface area contributed by atoms with Gasteiger partial charge in [-0.3, -0.25) is 4.79 Å². The molecule has 1 saturated heterocycles. The second-order valence-corrected chi connectivity index (χ2v) is 6.55. The maximum absolute atomic E-state index is 11.5. The fraction of sp³-hybridized carbons (Fsp3) is 0.500. The average molecular weight is 331 g/mol. The predicted octanol–water partition coefficient (Wildman–Crippen LogP) is 3.95. The van der Waals surface area contributed by atoms with E-state index in [0.29, 0.717) is 12.3 Å². The number of amides is 1. The van der Waals surface area contributed by atoms with E-state index in [1.54, 1.807) is 0 Å². The van der Waals surface area contributed by atoms with Gasteiger partial charge in [-0.05, 0) is 52.4 Å². The van der Waals surface area contributed by atoms with Crippen LogP contribution in [0.15, 0.2) is 22.7 Å². The highest BCUT2D eigenvalue weighted by Gasteiger charge is 2.40. The molecule has 0 saturated carbocycles. The Bertz CT molecular complexity index is 475. The number of halogens is 2. The summed E-state index contributed by atoms with van der Waals surface area (Å²) in [6.45, 7) is 4.32. The summed E-state index contributed by atoms with van der Waals surface area (Å²) in [5.41, 5.74) is 1.05. The minimum atomic E-state index is -0.117. The first kappa shape index (κ1) is 13.9. The largest absolute Gasteiger partial charge is 0.350 e. The summed E-state index contributed by atoms with van der Waals surface area (Å²) in [4.78, 5) is 11.5. The number of carbonyl (C=O) groups is 1. The molecule has 98 valence electrons. The van der Waals surface area contributed by atoms with Crippen LogP contribution in [0.2, 0.25) is 5.02 Å². The van der Waals surface area contributed by atoms with E-state index in [2.05, 4.69) is 41.2 Å². The van der Waals surface area contributed by atoms with E-state index < -0.39 is 0 Å². The molecule has 0 bridgehead atoms. The number of rotatable bonds is 3. The second-order valence-electron chi connectivity index (χ2n) is 5.28. The van der Waals surface area contributed by atoms with Crippen LogP contribution in [-0.4, -0.2) is 11.4 Å². The number of benzene rings is 1. The first-order chi connectivity index (χ1) is 8.43. The molecule has 1 fully saturated rings. The maximum atomic E-state index is 11.5. The minimum absolute atomic E-state index is 0.117. The molecule has 0 radical (unpaired) electrons. The monoisotopic (exact) mass is 329 g/mol. The molecule has 2 rings (SSSR count). The number of nitrogens with one attached hydrogen (secondary N) is 1. The van der Waals surface area contributed by atoms with E-state index in [4.69, 9.17) is 11.6 Å². The van der Waals surface area contributed by atoms with Crippen molar-refractivity contribution in [3.8, 4) is 0 Å². The fourth-order valence-electron chi connectivity index (χ4n) is 2.52. The molecule has 1 amide bonds. The van der Waals surface area contributed by atoms with Gasteiger partial charge < -0.3 is 5.32 Å². The van der Waals surface area contributed by atoms with Crippen LogP contribution in [0.5, 0.6) is 0 Å². The van der Waals surface area contributed by atoms with E-state index in [1.165, 1.54) is 5.56 Å². The molecule has 2 nitrogen and oxygen atoms in total. The molecule has 0 aromatic heterocycles. The summed E-state index contributed by atoms with van der Waals surface area (Å²) >= 11 is 9.51. The van der Waals surface area contributed by atoms with E-state index in [1.807, 2.05) is 12.1 Å². The molecule has 1 aromatic rings. The van der Waals surface area contributed by atoms with E-state index in [9.17, 15) is 4.79 Å². The van der Waals surface area contributed by atoms with Gasteiger partial charge in [0.1, 0.15) is 0 Å². The van der Waals surface area contributed by atoms with Crippen LogP contribution in [0.25, 0.3) is 0 Å². The Kier molecular flexibility index (Phi) is 4.02. The van der Waals surface area contributed by atoms with Crippen LogP contribution >= 0.6 is 27.5 Å². The van der Waals surface area contributed by atoms with Crippen LogP contribution in [0, 0.1) is 5.92 Å². The molecule has 1 heterocycles. The lowest BCUT2D eigenvalue weighted by molar-refractivity contribution is -0.120. The summed E-state index contributed by atoms with van der Waals surface area (Å²) in [6, 6.07) is 5.99. The highest BCUT2D eigenvalue weighted by molar-refractivity contribution is 9.10. The molecule has 1 aliphatic heterocycles. The molecule has 18 heavy (non-hydrogen) atoms. The summed E-state index contributed by atoms with van der Waals surface area (Å²) < 4.78 is 0.905. The van der Waals surface area contributed by atoms with Crippen molar-refractivity contribution in [2.24, 2.45) is 5.92 Å². The smallest absolute Gasteiger partial charge is 0.220 e. The average Bonchev–Trinajstić information content (AvgIpc) is 2.67. The Labute approximate surface area is 121 Å². The standard InChI is InChI=1S/C14H17BrClNO/c1-9(2)14(6-5-13(18)17-14)8-10-3-4-11(15)12(16)7-10/h3-4,7,9H,5-6,8H2,1-2H3,(H,17,18). The van der Waals surface area contributed by atoms with Gasteiger partial charge in [-0.2, -0.15) is 0 Å². The number of hydrogen-bond acceptors (Lipinski definition) is 1. The van der Waals surface area contributed by atoms with Gasteiger partial charge in [-0.15, -0.1) is 0 Å². The Balaban J connectivity index is 2.24. The van der Waals surface area contributed by atoms with Crippen LogP contribution in [0.4, 0.5) is 0 Å². The van der Waals surface area contributed by atoms with Gasteiger partial charge in [0, 0.05) is 16.4 Å². The van der Waals surface area contributed by atoms with Gasteiger partial charge in [-0.25, -0.2) is 0 Å². The Hall–Kier alpha value is -0.540. The van der Waals surface area contributed by atoms with Gasteiger partial charge >= 0.3 is 0 Å². The molecule has 1 atom stereocenters. The first-order valence-electron chi connectivity index (χ1n) is 6.18. The second kappa shape index (κ2) is 5.22. The number of hydrogen-bond donors (Lipinski definition) is 1. The molecule has 0 aliphatic carbocycles. The fourth-order valence-corrected chi connectivity index (χ4v) is 2.97. The SMILES string of the molecule is CC(C)C1(Cc2ccc(Br)c(Cl)c2)CCC(=O)N1. The zero-order valence-corrected chi connectivity index (χ0v) is 12.9. The molecular formula is C14H17BrClNO. The van der Waals surface area contributed by atoms with Crippen molar-refractivity contribution < 1.29 is 4.79 Å². The maximum Gasteiger partial charge on any atom is 0.220 e. The van der Waals surface area contributed by atoms with Crippen molar-refractivity contribution in [1.82, 2.24) is 5.32 Å². The normalized spacial score (nSPS) is 23.5. The molecule has 4 heteroatoms. The van der Waals surface area contributed by atoms with Crippen LogP contribution in [0.3, 0.4) is 0 Å². The molecular weight excluding hydrogens is 314 g/mol. The Morgan fingerprint density at radius 3 is 2.72 bits per heavy atom. The Morgan fingerprint density at radius 2 is 2.22 bits per heavy atom. The highest BCUT2D eigenvalue weighted by Crippen LogP contribution is 2.33. The topological polar surface area (TPSA) is 29.1 Å². The van der Waals surface area contributed by atoms with Gasteiger partial charge in [0.15, 0.2) is 0 Å². The van der Waals surface area contributed by atoms with Crippen molar-refractivity contribution >= 4 is 33.4 Å². The van der Waals surface area contributed by atoms with Crippen LogP contribution in [-0.2, 0) is 11.2 Å². The van der Waals surface area contributed by atoms with Crippen molar-refractivity contribution in [3.05, 3.63) is 33.3 Å². The number of carbonyl (C=O) groups excluding carboxylic acids is 1. The van der Waals surface area contributed by atoms with Crippen molar-refractivity contribution in [3.63, 3.8) is 0 Å². The van der Waals surface area contributed by atoms with E-state index in [-0.39, 0.29) is 11.4 Å². The molecule has 1 aliphatic rings. The lowest BCUT2D eigenvalue weighted by Gasteiger charge is -2.33. The van der Waals surface area contributed by atoms with E-state index in [0.717, 1.165) is 22.3 Å². The third-order valence-electron chi connectivity index (χ3n) is 3.80. The lowest BCUT2D eigenvalue weighted by atomic mass is 9.80. The molecule has 1 aromatic carbocycles. The zero-order valence-electron chi connectivity index (χ0n) is 10.6. The third kappa shape index (κ3) is 2.72. The summed E-state index contributed by atoms with van der Waals surface area (Å²) in [6.07, 6.45) is 2.36. The Morgan fingerprint density at radius 1 is 1.50 bits per heavy atom. The zero-order chi connectivity index (χ0) is 13.3. The third-order valence-corrected chi connectivity index (χ3v) is 5.03. The summed E-state index contributed by atoms with van der Waals surface area (Å²) in [5, 5.41) is 3.87. The first-order valence-corrected chi connectivity index (χ1v) is 7.35. The lowest BCUT2D eigenvalue weighted by Crippen LogP contribution is -2.48. The predicted molar refractivity (Wildman–Crippen MR) is 77.8 cm³/mol. The molecule has 0 spiro atoms. The minimum Gasteiger partial charge on any atom is -0.350 e. The van der Waals surface area contributed by atoms with Crippen molar-refractivity contribution in [2.75, 3.05) is 0 Å². The quantitative estimate of drug-likeness (QED) is 0.893. The van der Waals surface area contributed by atoms with Crippen molar-refractivity contribution in [2.45, 2.75) is 38.6 Å². The van der Waals surface area contributed by atoms with Gasteiger partial charge in [-0.1, -0.05) is 31.5 Å². The molecule has 1 unspecified atom stereocenters. The van der Waals surface area contributed by atoms with Crippen LogP contribution in [0.1, 0.15) is 32.3 Å². The van der Waals surface area contributed by atoms with Gasteiger partial charge in [0.05, 0.1) is 5.02 Å². The van der Waals surface area contributed by atoms with Crippen LogP contribution < -0.4 is 5.32 Å². The molecule has 1 N–H and O–H groups in total.